The fraction of sp³-hybridized carbons (Fsp3) is 0.500. The van der Waals surface area contributed by atoms with Crippen molar-refractivity contribution in [1.29, 1.82) is 0 Å². The van der Waals surface area contributed by atoms with E-state index in [1.165, 1.54) is 23.5 Å². The minimum absolute atomic E-state index is 0.0160. The Bertz CT molecular complexity index is 726. The van der Waals surface area contributed by atoms with E-state index in [0.29, 0.717) is 15.3 Å². The highest BCUT2D eigenvalue weighted by molar-refractivity contribution is 7.22. The van der Waals surface area contributed by atoms with Crippen molar-refractivity contribution in [3.63, 3.8) is 0 Å². The van der Waals surface area contributed by atoms with E-state index in [9.17, 15) is 14.3 Å². The molecule has 2 heterocycles. The molecule has 1 aromatic carbocycles. The fourth-order valence-corrected chi connectivity index (χ4v) is 4.02. The van der Waals surface area contributed by atoms with E-state index < -0.39 is 5.60 Å². The molecule has 2 N–H and O–H groups in total. The number of hydrogen-bond donors (Lipinski definition) is 2. The molecule has 1 atom stereocenters. The van der Waals surface area contributed by atoms with Crippen LogP contribution >= 0.6 is 11.3 Å². The van der Waals surface area contributed by atoms with Gasteiger partial charge in [0.25, 0.3) is 0 Å². The van der Waals surface area contributed by atoms with Gasteiger partial charge in [0.2, 0.25) is 5.91 Å². The molecule has 2 aromatic rings. The van der Waals surface area contributed by atoms with Crippen molar-refractivity contribution in [3.05, 3.63) is 24.0 Å². The number of hydrogen-bond acceptors (Lipinski definition) is 5. The SMILES string of the molecule is CC(C)(O)C1CCCN1CC(=O)Nc1nc2ccc(F)cc2s1. The fourth-order valence-electron chi connectivity index (χ4n) is 3.11. The van der Waals surface area contributed by atoms with Gasteiger partial charge in [-0.25, -0.2) is 9.37 Å². The molecule has 3 rings (SSSR count). The van der Waals surface area contributed by atoms with Crippen molar-refractivity contribution in [2.24, 2.45) is 0 Å². The first-order valence-electron chi connectivity index (χ1n) is 7.65. The van der Waals surface area contributed by atoms with Crippen molar-refractivity contribution in [1.82, 2.24) is 9.88 Å². The van der Waals surface area contributed by atoms with Gasteiger partial charge in [-0.05, 0) is 51.4 Å². The highest BCUT2D eigenvalue weighted by Crippen LogP contribution is 2.28. The summed E-state index contributed by atoms with van der Waals surface area (Å²) in [4.78, 5) is 18.5. The predicted molar refractivity (Wildman–Crippen MR) is 89.1 cm³/mol. The second kappa shape index (κ2) is 6.14. The van der Waals surface area contributed by atoms with Gasteiger partial charge in [0.05, 0.1) is 22.4 Å². The van der Waals surface area contributed by atoms with Gasteiger partial charge in [-0.2, -0.15) is 0 Å². The largest absolute Gasteiger partial charge is 0.389 e. The van der Waals surface area contributed by atoms with Gasteiger partial charge < -0.3 is 10.4 Å². The Hall–Kier alpha value is -1.57. The Kier molecular flexibility index (Phi) is 4.35. The van der Waals surface area contributed by atoms with Gasteiger partial charge in [0, 0.05) is 6.04 Å². The van der Waals surface area contributed by atoms with E-state index in [1.54, 1.807) is 19.9 Å². The number of anilines is 1. The van der Waals surface area contributed by atoms with Crippen LogP contribution in [0.15, 0.2) is 18.2 Å². The van der Waals surface area contributed by atoms with Crippen LogP contribution in [0.1, 0.15) is 26.7 Å². The number of nitrogens with zero attached hydrogens (tertiary/aromatic N) is 2. The lowest BCUT2D eigenvalue weighted by Crippen LogP contribution is -2.48. The molecule has 1 unspecified atom stereocenters. The molecule has 0 spiro atoms. The van der Waals surface area contributed by atoms with E-state index in [1.807, 2.05) is 4.90 Å². The van der Waals surface area contributed by atoms with Gasteiger partial charge in [-0.15, -0.1) is 0 Å². The lowest BCUT2D eigenvalue weighted by molar-refractivity contribution is -0.118. The van der Waals surface area contributed by atoms with Crippen molar-refractivity contribution in [2.75, 3.05) is 18.4 Å². The van der Waals surface area contributed by atoms with Gasteiger partial charge in [0.15, 0.2) is 5.13 Å². The van der Waals surface area contributed by atoms with E-state index in [-0.39, 0.29) is 24.3 Å². The highest BCUT2D eigenvalue weighted by Gasteiger charge is 2.36. The Morgan fingerprint density at radius 3 is 3.09 bits per heavy atom. The molecule has 0 bridgehead atoms. The molecule has 1 saturated heterocycles. The maximum atomic E-state index is 13.2. The number of rotatable bonds is 4. The third-order valence-corrected chi connectivity index (χ3v) is 5.06. The lowest BCUT2D eigenvalue weighted by atomic mass is 9.97. The minimum atomic E-state index is -0.829. The van der Waals surface area contributed by atoms with Crippen molar-refractivity contribution < 1.29 is 14.3 Å². The molecule has 7 heteroatoms. The number of aliphatic hydroxyl groups is 1. The second-order valence-corrected chi connectivity index (χ2v) is 7.49. The molecule has 0 radical (unpaired) electrons. The molecule has 1 fully saturated rings. The minimum Gasteiger partial charge on any atom is -0.389 e. The van der Waals surface area contributed by atoms with Crippen molar-refractivity contribution in [2.45, 2.75) is 38.3 Å². The summed E-state index contributed by atoms with van der Waals surface area (Å²) < 4.78 is 13.9. The number of carbonyl (C=O) groups excluding carboxylic acids is 1. The first-order valence-corrected chi connectivity index (χ1v) is 8.47. The Labute approximate surface area is 138 Å². The average Bonchev–Trinajstić information content (AvgIpc) is 3.03. The van der Waals surface area contributed by atoms with E-state index in [0.717, 1.165) is 19.4 Å². The van der Waals surface area contributed by atoms with Crippen molar-refractivity contribution in [3.8, 4) is 0 Å². The molecule has 1 aliphatic heterocycles. The quantitative estimate of drug-likeness (QED) is 0.900. The number of carbonyl (C=O) groups is 1. The summed E-state index contributed by atoms with van der Waals surface area (Å²) in [7, 11) is 0. The molecule has 1 aromatic heterocycles. The highest BCUT2D eigenvalue weighted by atomic mass is 32.1. The van der Waals surface area contributed by atoms with Gasteiger partial charge >= 0.3 is 0 Å². The predicted octanol–water partition coefficient (Wildman–Crippen LogP) is 2.61. The summed E-state index contributed by atoms with van der Waals surface area (Å²) in [6, 6.07) is 4.35. The number of halogens is 1. The van der Waals surface area contributed by atoms with E-state index in [2.05, 4.69) is 10.3 Å². The first kappa shape index (κ1) is 16.3. The average molecular weight is 337 g/mol. The molecular weight excluding hydrogens is 317 g/mol. The normalized spacial score (nSPS) is 19.4. The van der Waals surface area contributed by atoms with Crippen molar-refractivity contribution >= 4 is 32.6 Å². The van der Waals surface area contributed by atoms with Crippen LogP contribution in [-0.4, -0.2) is 45.6 Å². The summed E-state index contributed by atoms with van der Waals surface area (Å²) in [6.07, 6.45) is 1.86. The Balaban J connectivity index is 1.66. The van der Waals surface area contributed by atoms with Gasteiger partial charge in [0.1, 0.15) is 5.82 Å². The molecule has 5 nitrogen and oxygen atoms in total. The maximum absolute atomic E-state index is 13.2. The Morgan fingerprint density at radius 2 is 2.35 bits per heavy atom. The molecule has 1 aliphatic rings. The van der Waals surface area contributed by atoms with Crippen LogP contribution < -0.4 is 5.32 Å². The van der Waals surface area contributed by atoms with E-state index >= 15 is 0 Å². The molecule has 0 aliphatic carbocycles. The third kappa shape index (κ3) is 3.68. The molecule has 124 valence electrons. The van der Waals surface area contributed by atoms with Crippen LogP contribution in [0.2, 0.25) is 0 Å². The smallest absolute Gasteiger partial charge is 0.240 e. The van der Waals surface area contributed by atoms with Gasteiger partial charge in [-0.3, -0.25) is 9.69 Å². The third-order valence-electron chi connectivity index (χ3n) is 4.12. The number of amides is 1. The molecule has 1 amide bonds. The molecule has 23 heavy (non-hydrogen) atoms. The van der Waals surface area contributed by atoms with Gasteiger partial charge in [-0.1, -0.05) is 11.3 Å². The Morgan fingerprint density at radius 1 is 1.57 bits per heavy atom. The molecule has 0 saturated carbocycles. The maximum Gasteiger partial charge on any atom is 0.240 e. The summed E-state index contributed by atoms with van der Waals surface area (Å²) in [5.74, 6) is -0.482. The van der Waals surface area contributed by atoms with E-state index in [4.69, 9.17) is 0 Å². The van der Waals surface area contributed by atoms with Crippen LogP contribution in [0.25, 0.3) is 10.2 Å². The number of nitrogens with one attached hydrogen (secondary N) is 1. The van der Waals surface area contributed by atoms with Crippen LogP contribution in [0.5, 0.6) is 0 Å². The number of aromatic nitrogens is 1. The van der Waals surface area contributed by atoms with Crippen LogP contribution in [0.3, 0.4) is 0 Å². The van der Waals surface area contributed by atoms with Crippen LogP contribution in [0.4, 0.5) is 9.52 Å². The summed E-state index contributed by atoms with van der Waals surface area (Å²) >= 11 is 1.25. The monoisotopic (exact) mass is 337 g/mol. The number of benzene rings is 1. The zero-order valence-electron chi connectivity index (χ0n) is 13.2. The topological polar surface area (TPSA) is 65.5 Å². The standard InChI is InChI=1S/C16H20FN3O2S/c1-16(2,22)13-4-3-7-20(13)9-14(21)19-15-18-11-6-5-10(17)8-12(11)23-15/h5-6,8,13,22H,3-4,7,9H2,1-2H3,(H,18,19,21). The number of thiazole rings is 1. The van der Waals surface area contributed by atoms with Crippen LogP contribution in [-0.2, 0) is 4.79 Å². The number of fused-ring (bicyclic) bond motifs is 1. The summed E-state index contributed by atoms with van der Waals surface area (Å²) in [5, 5.41) is 13.4. The lowest BCUT2D eigenvalue weighted by Gasteiger charge is -2.33. The summed E-state index contributed by atoms with van der Waals surface area (Å²) in [6.45, 7) is 4.57. The summed E-state index contributed by atoms with van der Waals surface area (Å²) in [5.41, 5.74) is -0.160. The zero-order valence-corrected chi connectivity index (χ0v) is 14.0. The first-order chi connectivity index (χ1) is 10.8. The molecular formula is C16H20FN3O2S. The number of likely N-dealkylation sites (tertiary alicyclic amines) is 1. The zero-order chi connectivity index (χ0) is 16.6. The second-order valence-electron chi connectivity index (χ2n) is 6.46. The van der Waals surface area contributed by atoms with Crippen LogP contribution in [0, 0.1) is 5.82 Å².